The normalized spacial score (nSPS) is 13.5. The zero-order valence-electron chi connectivity index (χ0n) is 18.1. The summed E-state index contributed by atoms with van der Waals surface area (Å²) < 4.78 is 18.2. The van der Waals surface area contributed by atoms with E-state index in [-0.39, 0.29) is 12.5 Å². The Balaban J connectivity index is 1.35. The molecule has 1 amide bonds. The van der Waals surface area contributed by atoms with E-state index in [2.05, 4.69) is 15.5 Å². The average Bonchev–Trinajstić information content (AvgIpc) is 3.12. The predicted octanol–water partition coefficient (Wildman–Crippen LogP) is 3.08. The maximum atomic E-state index is 12.7. The van der Waals surface area contributed by atoms with E-state index in [1.54, 1.807) is 25.1 Å². The van der Waals surface area contributed by atoms with Gasteiger partial charge in [0, 0.05) is 11.8 Å². The van der Waals surface area contributed by atoms with E-state index < -0.39 is 5.25 Å². The summed E-state index contributed by atoms with van der Waals surface area (Å²) in [5.74, 6) is 8.46. The number of carbonyl (C=O) groups is 1. The zero-order valence-corrected chi connectivity index (χ0v) is 18.9. The molecule has 0 saturated heterocycles. The smallest absolute Gasteiger partial charge is 0.237 e. The first kappa shape index (κ1) is 21.8. The van der Waals surface area contributed by atoms with Crippen LogP contribution in [0.1, 0.15) is 23.9 Å². The number of anilines is 1. The van der Waals surface area contributed by atoms with E-state index in [0.717, 1.165) is 11.3 Å². The van der Waals surface area contributed by atoms with Crippen molar-refractivity contribution in [2.24, 2.45) is 0 Å². The molecular weight excluding hydrogens is 430 g/mol. The highest BCUT2D eigenvalue weighted by molar-refractivity contribution is 8.00. The summed E-state index contributed by atoms with van der Waals surface area (Å²) in [6.07, 6.45) is 0. The summed E-state index contributed by atoms with van der Waals surface area (Å²) in [5.41, 5.74) is 2.83. The van der Waals surface area contributed by atoms with Gasteiger partial charge in [-0.2, -0.15) is 0 Å². The van der Waals surface area contributed by atoms with Crippen LogP contribution in [-0.2, 0) is 11.4 Å². The van der Waals surface area contributed by atoms with Gasteiger partial charge >= 0.3 is 0 Å². The fraction of sp³-hybridized carbons (Fsp3) is 0.318. The lowest BCUT2D eigenvalue weighted by Crippen LogP contribution is -2.24. The molecule has 168 valence electrons. The van der Waals surface area contributed by atoms with Crippen LogP contribution in [-0.4, -0.2) is 39.2 Å². The molecule has 0 spiro atoms. The summed E-state index contributed by atoms with van der Waals surface area (Å²) in [6, 6.07) is 11.3. The molecule has 32 heavy (non-hydrogen) atoms. The number of amides is 1. The largest absolute Gasteiger partial charge is 0.486 e. The molecule has 0 radical (unpaired) electrons. The van der Waals surface area contributed by atoms with Gasteiger partial charge in [0.05, 0.1) is 5.25 Å². The van der Waals surface area contributed by atoms with Crippen LogP contribution in [0.25, 0.3) is 0 Å². The van der Waals surface area contributed by atoms with Crippen LogP contribution in [0.2, 0.25) is 0 Å². The van der Waals surface area contributed by atoms with Crippen molar-refractivity contribution in [1.82, 2.24) is 14.9 Å². The first-order chi connectivity index (χ1) is 15.4. The van der Waals surface area contributed by atoms with Crippen LogP contribution >= 0.6 is 11.8 Å². The molecule has 1 unspecified atom stereocenters. The van der Waals surface area contributed by atoms with Crippen molar-refractivity contribution in [2.75, 3.05) is 24.4 Å². The Morgan fingerprint density at radius 3 is 2.75 bits per heavy atom. The van der Waals surface area contributed by atoms with Crippen LogP contribution in [0.15, 0.2) is 41.6 Å². The third-order valence-electron chi connectivity index (χ3n) is 4.88. The van der Waals surface area contributed by atoms with Crippen molar-refractivity contribution >= 4 is 23.4 Å². The topological polar surface area (TPSA) is 114 Å². The SMILES string of the molecule is Cc1ccc(OCc2nnc(SC(C)C(=O)Nc3ccc4c(c3)OCCO4)n2N)c(C)c1. The van der Waals surface area contributed by atoms with Gasteiger partial charge in [-0.05, 0) is 44.5 Å². The maximum absolute atomic E-state index is 12.7. The Bertz CT molecular complexity index is 1130. The monoisotopic (exact) mass is 455 g/mol. The molecule has 0 aliphatic carbocycles. The molecule has 0 fully saturated rings. The van der Waals surface area contributed by atoms with E-state index in [1.807, 2.05) is 32.0 Å². The molecule has 1 aliphatic heterocycles. The second-order valence-electron chi connectivity index (χ2n) is 7.43. The first-order valence-electron chi connectivity index (χ1n) is 10.2. The Labute approximate surface area is 190 Å². The Hall–Kier alpha value is -3.40. The Morgan fingerprint density at radius 2 is 1.97 bits per heavy atom. The number of carbonyl (C=O) groups excluding carboxylic acids is 1. The highest BCUT2D eigenvalue weighted by Crippen LogP contribution is 2.33. The standard InChI is InChI=1S/C22H25N5O4S/c1-13-4-6-17(14(2)10-13)31-12-20-25-26-22(27(20)23)32-15(3)21(28)24-16-5-7-18-19(11-16)30-9-8-29-18/h4-7,10-11,15H,8-9,12,23H2,1-3H3,(H,24,28). The van der Waals surface area contributed by atoms with Crippen LogP contribution < -0.4 is 25.4 Å². The lowest BCUT2D eigenvalue weighted by Gasteiger charge is -2.19. The summed E-state index contributed by atoms with van der Waals surface area (Å²) in [7, 11) is 0. The summed E-state index contributed by atoms with van der Waals surface area (Å²) in [4.78, 5) is 12.7. The molecule has 1 atom stereocenters. The molecular formula is C22H25N5O4S. The fourth-order valence-electron chi connectivity index (χ4n) is 3.17. The second-order valence-corrected chi connectivity index (χ2v) is 8.74. The molecule has 3 N–H and O–H groups in total. The van der Waals surface area contributed by atoms with Crippen molar-refractivity contribution in [3.8, 4) is 17.2 Å². The van der Waals surface area contributed by atoms with Crippen molar-refractivity contribution < 1.29 is 19.0 Å². The number of aryl methyl sites for hydroxylation is 2. The van der Waals surface area contributed by atoms with E-state index in [1.165, 1.54) is 22.0 Å². The van der Waals surface area contributed by atoms with Gasteiger partial charge in [0.15, 0.2) is 17.3 Å². The number of hydrogen-bond acceptors (Lipinski definition) is 8. The Kier molecular flexibility index (Phi) is 6.40. The molecule has 0 bridgehead atoms. The van der Waals surface area contributed by atoms with Crippen molar-refractivity contribution in [1.29, 1.82) is 0 Å². The molecule has 9 nitrogen and oxygen atoms in total. The van der Waals surface area contributed by atoms with Gasteiger partial charge in [0.1, 0.15) is 25.6 Å². The van der Waals surface area contributed by atoms with Gasteiger partial charge in [-0.1, -0.05) is 29.5 Å². The minimum Gasteiger partial charge on any atom is -0.486 e. The molecule has 1 aliphatic rings. The number of ether oxygens (including phenoxy) is 3. The van der Waals surface area contributed by atoms with Crippen LogP contribution in [0.5, 0.6) is 17.2 Å². The first-order valence-corrected chi connectivity index (χ1v) is 11.1. The number of nitrogens with one attached hydrogen (secondary N) is 1. The number of hydrogen-bond donors (Lipinski definition) is 2. The van der Waals surface area contributed by atoms with Gasteiger partial charge in [0.25, 0.3) is 0 Å². The van der Waals surface area contributed by atoms with Crippen molar-refractivity contribution in [3.63, 3.8) is 0 Å². The van der Waals surface area contributed by atoms with E-state index in [4.69, 9.17) is 20.1 Å². The lowest BCUT2D eigenvalue weighted by molar-refractivity contribution is -0.115. The zero-order chi connectivity index (χ0) is 22.7. The third-order valence-corrected chi connectivity index (χ3v) is 5.94. The predicted molar refractivity (Wildman–Crippen MR) is 122 cm³/mol. The molecule has 2 heterocycles. The molecule has 4 rings (SSSR count). The second kappa shape index (κ2) is 9.39. The Morgan fingerprint density at radius 1 is 1.19 bits per heavy atom. The number of thioether (sulfide) groups is 1. The highest BCUT2D eigenvalue weighted by Gasteiger charge is 2.21. The van der Waals surface area contributed by atoms with Gasteiger partial charge in [-0.15, -0.1) is 10.2 Å². The number of aromatic nitrogens is 3. The van der Waals surface area contributed by atoms with E-state index in [0.29, 0.717) is 41.4 Å². The fourth-order valence-corrected chi connectivity index (χ4v) is 3.96. The summed E-state index contributed by atoms with van der Waals surface area (Å²) in [6.45, 7) is 6.97. The quantitative estimate of drug-likeness (QED) is 0.413. The van der Waals surface area contributed by atoms with Gasteiger partial charge in [-0.25, -0.2) is 4.68 Å². The number of nitrogens with two attached hydrogens (primary N) is 1. The minimum absolute atomic E-state index is 0.172. The molecule has 0 saturated carbocycles. The van der Waals surface area contributed by atoms with Gasteiger partial charge in [-0.3, -0.25) is 4.79 Å². The number of nitrogens with zero attached hydrogens (tertiary/aromatic N) is 3. The van der Waals surface area contributed by atoms with Crippen LogP contribution in [0.3, 0.4) is 0 Å². The van der Waals surface area contributed by atoms with E-state index >= 15 is 0 Å². The maximum Gasteiger partial charge on any atom is 0.237 e. The molecule has 3 aromatic rings. The van der Waals surface area contributed by atoms with Crippen LogP contribution in [0.4, 0.5) is 5.69 Å². The summed E-state index contributed by atoms with van der Waals surface area (Å²) in [5, 5.41) is 11.1. The van der Waals surface area contributed by atoms with Crippen molar-refractivity contribution in [3.05, 3.63) is 53.3 Å². The summed E-state index contributed by atoms with van der Waals surface area (Å²) >= 11 is 1.21. The highest BCUT2D eigenvalue weighted by atomic mass is 32.2. The molecule has 10 heteroatoms. The third kappa shape index (κ3) is 4.91. The van der Waals surface area contributed by atoms with Crippen LogP contribution in [0, 0.1) is 13.8 Å². The average molecular weight is 456 g/mol. The number of fused-ring (bicyclic) bond motifs is 1. The lowest BCUT2D eigenvalue weighted by atomic mass is 10.1. The number of nitrogen functional groups attached to an aromatic ring is 1. The molecule has 1 aromatic heterocycles. The van der Waals surface area contributed by atoms with Gasteiger partial charge < -0.3 is 25.4 Å². The van der Waals surface area contributed by atoms with Gasteiger partial charge in [0.2, 0.25) is 11.1 Å². The minimum atomic E-state index is -0.456. The van der Waals surface area contributed by atoms with Crippen molar-refractivity contribution in [2.45, 2.75) is 37.8 Å². The number of rotatable bonds is 7. The molecule has 2 aromatic carbocycles. The van der Waals surface area contributed by atoms with E-state index in [9.17, 15) is 4.79 Å². The number of benzene rings is 2.